The number of carbonyl (C=O) groups is 1. The Hall–Kier alpha value is -1.10. The first-order valence-electron chi connectivity index (χ1n) is 5.31. The van der Waals surface area contributed by atoms with Gasteiger partial charge in [0.05, 0.1) is 7.11 Å². The molecule has 0 saturated carbocycles. The van der Waals surface area contributed by atoms with Crippen molar-refractivity contribution >= 4 is 27.6 Å². The highest BCUT2D eigenvalue weighted by Gasteiger charge is 2.18. The number of hydrogen-bond acceptors (Lipinski definition) is 3. The van der Waals surface area contributed by atoms with Gasteiger partial charge >= 0.3 is 5.97 Å². The predicted octanol–water partition coefficient (Wildman–Crippen LogP) is 2.59. The standard InChI is InChI=1S/C12H15BrFNO2/c1-3-15(8-11(13)12(16)17-2)10-6-4-9(14)5-7-10/h4-7,11H,3,8H2,1-2H3. The summed E-state index contributed by atoms with van der Waals surface area (Å²) >= 11 is 3.27. The van der Waals surface area contributed by atoms with Crippen LogP contribution in [0, 0.1) is 5.82 Å². The molecule has 3 nitrogen and oxygen atoms in total. The van der Waals surface area contributed by atoms with Gasteiger partial charge in [0.2, 0.25) is 0 Å². The maximum absolute atomic E-state index is 12.8. The number of alkyl halides is 1. The van der Waals surface area contributed by atoms with E-state index in [0.29, 0.717) is 6.54 Å². The molecule has 1 atom stereocenters. The van der Waals surface area contributed by atoms with E-state index in [2.05, 4.69) is 20.7 Å². The Balaban J connectivity index is 2.71. The number of hydrogen-bond donors (Lipinski definition) is 0. The van der Waals surface area contributed by atoms with Crippen LogP contribution < -0.4 is 4.90 Å². The van der Waals surface area contributed by atoms with Gasteiger partial charge in [-0.3, -0.25) is 4.79 Å². The molecule has 0 saturated heterocycles. The molecule has 0 N–H and O–H groups in total. The Kier molecular flexibility index (Phi) is 5.41. The van der Waals surface area contributed by atoms with E-state index >= 15 is 0 Å². The van der Waals surface area contributed by atoms with E-state index in [1.54, 1.807) is 12.1 Å². The second-order valence-corrected chi connectivity index (χ2v) is 4.61. The summed E-state index contributed by atoms with van der Waals surface area (Å²) in [5, 5.41) is 0. The van der Waals surface area contributed by atoms with E-state index in [0.717, 1.165) is 12.2 Å². The topological polar surface area (TPSA) is 29.5 Å². The van der Waals surface area contributed by atoms with Crippen molar-refractivity contribution < 1.29 is 13.9 Å². The zero-order chi connectivity index (χ0) is 12.8. The summed E-state index contributed by atoms with van der Waals surface area (Å²) in [6.07, 6.45) is 0. The van der Waals surface area contributed by atoms with Gasteiger partial charge < -0.3 is 9.64 Å². The van der Waals surface area contributed by atoms with Gasteiger partial charge in [0.1, 0.15) is 10.6 Å². The first-order chi connectivity index (χ1) is 8.08. The summed E-state index contributed by atoms with van der Waals surface area (Å²) in [5.74, 6) is -0.585. The van der Waals surface area contributed by atoms with Gasteiger partial charge in [-0.2, -0.15) is 0 Å². The number of rotatable bonds is 5. The molecule has 1 unspecified atom stereocenters. The average molecular weight is 304 g/mol. The second-order valence-electron chi connectivity index (χ2n) is 3.51. The van der Waals surface area contributed by atoms with E-state index in [1.807, 2.05) is 11.8 Å². The van der Waals surface area contributed by atoms with Crippen molar-refractivity contribution in [1.82, 2.24) is 0 Å². The number of benzene rings is 1. The molecular formula is C12H15BrFNO2. The summed E-state index contributed by atoms with van der Waals surface area (Å²) < 4.78 is 17.4. The highest BCUT2D eigenvalue weighted by atomic mass is 79.9. The molecule has 0 radical (unpaired) electrons. The largest absolute Gasteiger partial charge is 0.468 e. The molecule has 0 spiro atoms. The summed E-state index contributed by atoms with van der Waals surface area (Å²) in [7, 11) is 1.35. The van der Waals surface area contributed by atoms with Gasteiger partial charge in [-0.25, -0.2) is 4.39 Å². The number of methoxy groups -OCH3 is 1. The molecule has 0 aliphatic carbocycles. The summed E-state index contributed by atoms with van der Waals surface area (Å²) in [4.78, 5) is 12.9. The van der Waals surface area contributed by atoms with Crippen molar-refractivity contribution in [3.63, 3.8) is 0 Å². The van der Waals surface area contributed by atoms with Gasteiger partial charge in [-0.1, -0.05) is 15.9 Å². The van der Waals surface area contributed by atoms with Gasteiger partial charge in [-0.15, -0.1) is 0 Å². The molecule has 17 heavy (non-hydrogen) atoms. The number of ether oxygens (including phenoxy) is 1. The van der Waals surface area contributed by atoms with E-state index in [-0.39, 0.29) is 11.8 Å². The summed E-state index contributed by atoms with van der Waals surface area (Å²) in [6, 6.07) is 6.18. The molecule has 0 heterocycles. The van der Waals surface area contributed by atoms with Crippen molar-refractivity contribution in [2.24, 2.45) is 0 Å². The first-order valence-corrected chi connectivity index (χ1v) is 6.22. The molecule has 94 valence electrons. The molecule has 1 aromatic carbocycles. The quantitative estimate of drug-likeness (QED) is 0.618. The highest BCUT2D eigenvalue weighted by molar-refractivity contribution is 9.10. The number of carbonyl (C=O) groups excluding carboxylic acids is 1. The smallest absolute Gasteiger partial charge is 0.321 e. The van der Waals surface area contributed by atoms with Crippen molar-refractivity contribution in [2.45, 2.75) is 11.8 Å². The normalized spacial score (nSPS) is 12.0. The van der Waals surface area contributed by atoms with Gasteiger partial charge in [0, 0.05) is 18.8 Å². The lowest BCUT2D eigenvalue weighted by molar-refractivity contribution is -0.139. The zero-order valence-electron chi connectivity index (χ0n) is 9.82. The summed E-state index contributed by atoms with van der Waals surface area (Å²) in [6.45, 7) is 3.18. The van der Waals surface area contributed by atoms with E-state index < -0.39 is 4.83 Å². The molecule has 0 bridgehead atoms. The van der Waals surface area contributed by atoms with Crippen LogP contribution in [0.1, 0.15) is 6.92 Å². The van der Waals surface area contributed by atoms with Crippen LogP contribution in [0.4, 0.5) is 10.1 Å². The molecule has 1 aromatic rings. The average Bonchev–Trinajstić information content (AvgIpc) is 2.35. The molecule has 0 aliphatic rings. The van der Waals surface area contributed by atoms with Gasteiger partial charge in [0.25, 0.3) is 0 Å². The second kappa shape index (κ2) is 6.59. The third-order valence-electron chi connectivity index (χ3n) is 2.41. The van der Waals surface area contributed by atoms with Crippen LogP contribution in [-0.4, -0.2) is 31.0 Å². The monoisotopic (exact) mass is 303 g/mol. The minimum Gasteiger partial charge on any atom is -0.468 e. The Bertz CT molecular complexity index is 369. The van der Waals surface area contributed by atoms with Crippen LogP contribution in [0.15, 0.2) is 24.3 Å². The van der Waals surface area contributed by atoms with Crippen LogP contribution in [0.3, 0.4) is 0 Å². The van der Waals surface area contributed by atoms with Gasteiger partial charge in [-0.05, 0) is 31.2 Å². The Labute approximate surface area is 109 Å². The lowest BCUT2D eigenvalue weighted by atomic mass is 10.2. The molecule has 0 fully saturated rings. The zero-order valence-corrected chi connectivity index (χ0v) is 11.4. The van der Waals surface area contributed by atoms with Crippen molar-refractivity contribution in [1.29, 1.82) is 0 Å². The minimum atomic E-state index is -0.391. The third-order valence-corrected chi connectivity index (χ3v) is 3.07. The van der Waals surface area contributed by atoms with Crippen LogP contribution in [-0.2, 0) is 9.53 Å². The third kappa shape index (κ3) is 4.00. The number of halogens is 2. The fourth-order valence-corrected chi connectivity index (χ4v) is 2.00. The van der Waals surface area contributed by atoms with Crippen LogP contribution in [0.5, 0.6) is 0 Å². The lowest BCUT2D eigenvalue weighted by Crippen LogP contribution is -2.34. The van der Waals surface area contributed by atoms with Gasteiger partial charge in [0.15, 0.2) is 0 Å². The van der Waals surface area contributed by atoms with Crippen LogP contribution >= 0.6 is 15.9 Å². The molecule has 0 amide bonds. The fraction of sp³-hybridized carbons (Fsp3) is 0.417. The SMILES string of the molecule is CCN(CC(Br)C(=O)OC)c1ccc(F)cc1. The maximum atomic E-state index is 12.8. The first kappa shape index (κ1) is 14.0. The minimum absolute atomic E-state index is 0.270. The fourth-order valence-electron chi connectivity index (χ4n) is 1.46. The molecule has 0 aromatic heterocycles. The Morgan fingerprint density at radius 2 is 2.06 bits per heavy atom. The van der Waals surface area contributed by atoms with Crippen LogP contribution in [0.25, 0.3) is 0 Å². The molecular weight excluding hydrogens is 289 g/mol. The molecule has 1 rings (SSSR count). The number of nitrogens with zero attached hydrogens (tertiary/aromatic N) is 1. The van der Waals surface area contributed by atoms with E-state index in [4.69, 9.17) is 0 Å². The van der Waals surface area contributed by atoms with Crippen LogP contribution in [0.2, 0.25) is 0 Å². The Morgan fingerprint density at radius 1 is 1.47 bits per heavy atom. The Morgan fingerprint density at radius 3 is 2.53 bits per heavy atom. The lowest BCUT2D eigenvalue weighted by Gasteiger charge is -2.24. The predicted molar refractivity (Wildman–Crippen MR) is 69.0 cm³/mol. The highest BCUT2D eigenvalue weighted by Crippen LogP contribution is 2.17. The number of anilines is 1. The molecule has 0 aliphatic heterocycles. The van der Waals surface area contributed by atoms with E-state index in [1.165, 1.54) is 19.2 Å². The van der Waals surface area contributed by atoms with Crippen molar-refractivity contribution in [2.75, 3.05) is 25.1 Å². The molecule has 5 heteroatoms. The number of esters is 1. The van der Waals surface area contributed by atoms with Crippen molar-refractivity contribution in [3.8, 4) is 0 Å². The van der Waals surface area contributed by atoms with Crippen molar-refractivity contribution in [3.05, 3.63) is 30.1 Å². The summed E-state index contributed by atoms with van der Waals surface area (Å²) in [5.41, 5.74) is 0.877. The van der Waals surface area contributed by atoms with E-state index in [9.17, 15) is 9.18 Å². The maximum Gasteiger partial charge on any atom is 0.321 e.